The molecular formula is C14H19N5O. The van der Waals surface area contributed by atoms with Crippen molar-refractivity contribution in [2.75, 3.05) is 13.1 Å². The first kappa shape index (κ1) is 14.2. The monoisotopic (exact) mass is 273 g/mol. The number of benzene rings is 1. The first-order chi connectivity index (χ1) is 9.69. The number of nitrogens with two attached hydrogens (primary N) is 1. The number of nitrogens with one attached hydrogen (secondary N) is 1. The molecule has 0 aliphatic rings. The summed E-state index contributed by atoms with van der Waals surface area (Å²) in [6, 6.07) is 7.50. The van der Waals surface area contributed by atoms with E-state index in [1.54, 1.807) is 11.0 Å². The van der Waals surface area contributed by atoms with Gasteiger partial charge in [0.15, 0.2) is 5.82 Å². The molecule has 0 saturated carbocycles. The van der Waals surface area contributed by atoms with E-state index in [0.717, 1.165) is 17.8 Å². The Morgan fingerprint density at radius 1 is 1.30 bits per heavy atom. The summed E-state index contributed by atoms with van der Waals surface area (Å²) in [6.07, 6.45) is 3.10. The fourth-order valence-corrected chi connectivity index (χ4v) is 1.88. The molecule has 0 radical (unpaired) electrons. The second-order valence-electron chi connectivity index (χ2n) is 4.58. The molecule has 0 aliphatic carbocycles. The van der Waals surface area contributed by atoms with Gasteiger partial charge in [-0.3, -0.25) is 9.48 Å². The molecule has 0 saturated heterocycles. The minimum Gasteiger partial charge on any atom is -0.352 e. The SMILES string of the molecule is Cn1cnc(CCNC(=O)c2ccc(CCN)cc2)n1. The van der Waals surface area contributed by atoms with E-state index in [1.165, 1.54) is 0 Å². The number of hydrogen-bond donors (Lipinski definition) is 2. The molecule has 6 nitrogen and oxygen atoms in total. The van der Waals surface area contributed by atoms with Crippen molar-refractivity contribution in [1.29, 1.82) is 0 Å². The molecule has 106 valence electrons. The van der Waals surface area contributed by atoms with Crippen molar-refractivity contribution >= 4 is 5.91 Å². The fourth-order valence-electron chi connectivity index (χ4n) is 1.88. The lowest BCUT2D eigenvalue weighted by Crippen LogP contribution is -2.26. The zero-order valence-electron chi connectivity index (χ0n) is 11.5. The first-order valence-corrected chi connectivity index (χ1v) is 6.61. The van der Waals surface area contributed by atoms with Crippen molar-refractivity contribution in [2.45, 2.75) is 12.8 Å². The molecule has 1 aromatic carbocycles. The van der Waals surface area contributed by atoms with Gasteiger partial charge in [-0.05, 0) is 30.7 Å². The molecule has 2 aromatic rings. The minimum atomic E-state index is -0.0831. The van der Waals surface area contributed by atoms with E-state index in [0.29, 0.717) is 25.1 Å². The van der Waals surface area contributed by atoms with Crippen LogP contribution in [0.4, 0.5) is 0 Å². The molecule has 0 fully saturated rings. The normalized spacial score (nSPS) is 10.5. The number of amides is 1. The Morgan fingerprint density at radius 2 is 2.05 bits per heavy atom. The summed E-state index contributed by atoms with van der Waals surface area (Å²) < 4.78 is 1.65. The van der Waals surface area contributed by atoms with Crippen LogP contribution < -0.4 is 11.1 Å². The molecule has 0 unspecified atom stereocenters. The highest BCUT2D eigenvalue weighted by Crippen LogP contribution is 2.04. The van der Waals surface area contributed by atoms with E-state index in [1.807, 2.05) is 31.3 Å². The van der Waals surface area contributed by atoms with Gasteiger partial charge in [-0.1, -0.05) is 12.1 Å². The second kappa shape index (κ2) is 6.81. The lowest BCUT2D eigenvalue weighted by atomic mass is 10.1. The number of nitrogens with zero attached hydrogens (tertiary/aromatic N) is 3. The van der Waals surface area contributed by atoms with Crippen LogP contribution >= 0.6 is 0 Å². The molecular weight excluding hydrogens is 254 g/mol. The Labute approximate surface area is 118 Å². The Kier molecular flexibility index (Phi) is 4.84. The van der Waals surface area contributed by atoms with Gasteiger partial charge >= 0.3 is 0 Å². The van der Waals surface area contributed by atoms with Gasteiger partial charge in [-0.15, -0.1) is 0 Å². The third-order valence-electron chi connectivity index (χ3n) is 2.93. The van der Waals surface area contributed by atoms with Gasteiger partial charge in [-0.25, -0.2) is 4.98 Å². The molecule has 1 heterocycles. The summed E-state index contributed by atoms with van der Waals surface area (Å²) in [5.74, 6) is 0.645. The van der Waals surface area contributed by atoms with Gasteiger partial charge in [0.25, 0.3) is 5.91 Å². The highest BCUT2D eigenvalue weighted by atomic mass is 16.1. The summed E-state index contributed by atoms with van der Waals surface area (Å²) in [5, 5.41) is 7.01. The predicted molar refractivity (Wildman–Crippen MR) is 76.2 cm³/mol. The standard InChI is InChI=1S/C14H19N5O/c1-19-10-17-13(18-19)7-9-16-14(20)12-4-2-11(3-5-12)6-8-15/h2-5,10H,6-9,15H2,1H3,(H,16,20). The number of hydrogen-bond acceptors (Lipinski definition) is 4. The maximum atomic E-state index is 11.9. The van der Waals surface area contributed by atoms with Gasteiger partial charge < -0.3 is 11.1 Å². The van der Waals surface area contributed by atoms with Crippen LogP contribution in [0.25, 0.3) is 0 Å². The Balaban J connectivity index is 1.82. The van der Waals surface area contributed by atoms with Gasteiger partial charge in [0, 0.05) is 25.6 Å². The van der Waals surface area contributed by atoms with Crippen molar-refractivity contribution in [3.8, 4) is 0 Å². The van der Waals surface area contributed by atoms with E-state index in [9.17, 15) is 4.79 Å². The summed E-state index contributed by atoms with van der Waals surface area (Å²) >= 11 is 0. The average molecular weight is 273 g/mol. The molecule has 1 amide bonds. The number of carbonyl (C=O) groups is 1. The zero-order valence-corrected chi connectivity index (χ0v) is 11.5. The van der Waals surface area contributed by atoms with Crippen molar-refractivity contribution in [1.82, 2.24) is 20.1 Å². The van der Waals surface area contributed by atoms with Crippen LogP contribution in [0.5, 0.6) is 0 Å². The van der Waals surface area contributed by atoms with Crippen molar-refractivity contribution < 1.29 is 4.79 Å². The minimum absolute atomic E-state index is 0.0831. The summed E-state index contributed by atoms with van der Waals surface area (Å²) in [7, 11) is 1.82. The Morgan fingerprint density at radius 3 is 2.65 bits per heavy atom. The smallest absolute Gasteiger partial charge is 0.251 e. The maximum Gasteiger partial charge on any atom is 0.251 e. The predicted octanol–water partition coefficient (Wildman–Crippen LogP) is 0.289. The van der Waals surface area contributed by atoms with Crippen LogP contribution in [0.3, 0.4) is 0 Å². The topological polar surface area (TPSA) is 85.8 Å². The highest BCUT2D eigenvalue weighted by Gasteiger charge is 2.05. The molecule has 0 atom stereocenters. The number of aromatic nitrogens is 3. The van der Waals surface area contributed by atoms with Crippen LogP contribution in [0.15, 0.2) is 30.6 Å². The van der Waals surface area contributed by atoms with E-state index in [-0.39, 0.29) is 5.91 Å². The van der Waals surface area contributed by atoms with Crippen molar-refractivity contribution in [2.24, 2.45) is 12.8 Å². The molecule has 6 heteroatoms. The summed E-state index contributed by atoms with van der Waals surface area (Å²) in [6.45, 7) is 1.13. The van der Waals surface area contributed by atoms with E-state index in [2.05, 4.69) is 15.4 Å². The van der Waals surface area contributed by atoms with E-state index in [4.69, 9.17) is 5.73 Å². The fraction of sp³-hybridized carbons (Fsp3) is 0.357. The summed E-state index contributed by atoms with van der Waals surface area (Å²) in [5.41, 5.74) is 7.28. The quantitative estimate of drug-likeness (QED) is 0.792. The molecule has 20 heavy (non-hydrogen) atoms. The lowest BCUT2D eigenvalue weighted by molar-refractivity contribution is 0.0954. The van der Waals surface area contributed by atoms with Crippen molar-refractivity contribution in [3.05, 3.63) is 47.5 Å². The average Bonchev–Trinajstić information content (AvgIpc) is 2.85. The Bertz CT molecular complexity index is 561. The molecule has 1 aromatic heterocycles. The molecule has 0 spiro atoms. The third-order valence-corrected chi connectivity index (χ3v) is 2.93. The van der Waals surface area contributed by atoms with Crippen LogP contribution in [0, 0.1) is 0 Å². The van der Waals surface area contributed by atoms with Crippen molar-refractivity contribution in [3.63, 3.8) is 0 Å². The summed E-state index contributed by atoms with van der Waals surface area (Å²) in [4.78, 5) is 16.0. The molecule has 0 bridgehead atoms. The van der Waals surface area contributed by atoms with E-state index < -0.39 is 0 Å². The number of carbonyl (C=O) groups excluding carboxylic acids is 1. The van der Waals surface area contributed by atoms with Gasteiger partial charge in [0.1, 0.15) is 6.33 Å². The van der Waals surface area contributed by atoms with Crippen LogP contribution in [-0.2, 0) is 19.9 Å². The number of aryl methyl sites for hydroxylation is 1. The molecule has 0 aliphatic heterocycles. The van der Waals surface area contributed by atoms with Gasteiger partial charge in [0.05, 0.1) is 0 Å². The maximum absolute atomic E-state index is 11.9. The van der Waals surface area contributed by atoms with Crippen LogP contribution in [-0.4, -0.2) is 33.8 Å². The third kappa shape index (κ3) is 3.89. The molecule has 3 N–H and O–H groups in total. The lowest BCUT2D eigenvalue weighted by Gasteiger charge is -2.05. The zero-order chi connectivity index (χ0) is 14.4. The van der Waals surface area contributed by atoms with Crippen LogP contribution in [0.1, 0.15) is 21.7 Å². The first-order valence-electron chi connectivity index (χ1n) is 6.61. The molecule has 2 rings (SSSR count). The van der Waals surface area contributed by atoms with Gasteiger partial charge in [-0.2, -0.15) is 5.10 Å². The van der Waals surface area contributed by atoms with Crippen LogP contribution in [0.2, 0.25) is 0 Å². The Hall–Kier alpha value is -2.21. The second-order valence-corrected chi connectivity index (χ2v) is 4.58. The van der Waals surface area contributed by atoms with Gasteiger partial charge in [0.2, 0.25) is 0 Å². The van der Waals surface area contributed by atoms with E-state index >= 15 is 0 Å². The highest BCUT2D eigenvalue weighted by molar-refractivity contribution is 5.94. The number of rotatable bonds is 6. The largest absolute Gasteiger partial charge is 0.352 e.